The molecule has 0 radical (unpaired) electrons. The van der Waals surface area contributed by atoms with Crippen molar-refractivity contribution in [2.24, 2.45) is 0 Å². The monoisotopic (exact) mass is 390 g/mol. The summed E-state index contributed by atoms with van der Waals surface area (Å²) in [7, 11) is 0. The normalized spacial score (nSPS) is 10.3. The van der Waals surface area contributed by atoms with E-state index < -0.39 is 5.97 Å². The molecule has 0 unspecified atom stereocenters. The number of ether oxygens (including phenoxy) is 1. The van der Waals surface area contributed by atoms with Crippen molar-refractivity contribution in [3.8, 4) is 0 Å². The fourth-order valence-electron chi connectivity index (χ4n) is 2.83. The second-order valence-corrected chi connectivity index (χ2v) is 6.04. The van der Waals surface area contributed by atoms with Crippen LogP contribution in [0.3, 0.4) is 0 Å². The molecule has 1 N–H and O–H groups in total. The Bertz CT molecular complexity index is 992. The van der Waals surface area contributed by atoms with E-state index in [-0.39, 0.29) is 24.2 Å². The van der Waals surface area contributed by atoms with Crippen LogP contribution >= 0.6 is 0 Å². The number of benzene rings is 2. The fourth-order valence-corrected chi connectivity index (χ4v) is 2.83. The summed E-state index contributed by atoms with van der Waals surface area (Å²) in [5, 5.41) is 3.01. The van der Waals surface area contributed by atoms with Gasteiger partial charge in [0, 0.05) is 18.4 Å². The molecule has 1 heterocycles. The van der Waals surface area contributed by atoms with Gasteiger partial charge in [-0.2, -0.15) is 0 Å². The average molecular weight is 390 g/mol. The summed E-state index contributed by atoms with van der Waals surface area (Å²) in [6.45, 7) is 4.43. The van der Waals surface area contributed by atoms with Crippen LogP contribution in [-0.4, -0.2) is 35.0 Å². The van der Waals surface area contributed by atoms with E-state index in [0.29, 0.717) is 17.8 Å². The lowest BCUT2D eigenvalue weighted by Crippen LogP contribution is -2.31. The number of amides is 1. The molecule has 0 bridgehead atoms. The van der Waals surface area contributed by atoms with E-state index in [2.05, 4.69) is 15.3 Å². The summed E-state index contributed by atoms with van der Waals surface area (Å²) in [5.41, 5.74) is 1.92. The van der Waals surface area contributed by atoms with Crippen molar-refractivity contribution in [1.29, 1.82) is 0 Å². The molecule has 1 amide bonds. The maximum absolute atomic E-state index is 13.0. The number of hydrogen-bond acceptors (Lipinski definition) is 6. The van der Waals surface area contributed by atoms with E-state index in [1.54, 1.807) is 42.2 Å². The lowest BCUT2D eigenvalue weighted by Gasteiger charge is -2.20. The molecule has 0 saturated heterocycles. The molecule has 0 aliphatic heterocycles. The van der Waals surface area contributed by atoms with Gasteiger partial charge in [-0.3, -0.25) is 4.79 Å². The largest absolute Gasteiger partial charge is 0.462 e. The van der Waals surface area contributed by atoms with Crippen molar-refractivity contribution in [1.82, 2.24) is 9.97 Å². The first kappa shape index (κ1) is 20.0. The Morgan fingerprint density at radius 1 is 1.00 bits per heavy atom. The van der Waals surface area contributed by atoms with Gasteiger partial charge in [-0.15, -0.1) is 0 Å². The minimum Gasteiger partial charge on any atom is -0.462 e. The highest BCUT2D eigenvalue weighted by atomic mass is 16.5. The van der Waals surface area contributed by atoms with Crippen LogP contribution in [0.2, 0.25) is 0 Å². The van der Waals surface area contributed by atoms with Gasteiger partial charge in [0.15, 0.2) is 0 Å². The Balaban J connectivity index is 1.85. The summed E-state index contributed by atoms with van der Waals surface area (Å²) in [6, 6.07) is 17.9. The molecule has 7 heteroatoms. The quantitative estimate of drug-likeness (QED) is 0.613. The number of hydrogen-bond donors (Lipinski definition) is 1. The maximum Gasteiger partial charge on any atom is 0.340 e. The van der Waals surface area contributed by atoms with Crippen LogP contribution in [0.15, 0.2) is 66.9 Å². The topological polar surface area (TPSA) is 84.4 Å². The number of nitrogens with one attached hydrogen (secondary N) is 1. The van der Waals surface area contributed by atoms with Crippen LogP contribution in [0.25, 0.3) is 0 Å². The molecule has 3 rings (SSSR count). The van der Waals surface area contributed by atoms with E-state index in [4.69, 9.17) is 4.74 Å². The fraction of sp³-hybridized carbons (Fsp3) is 0.182. The van der Waals surface area contributed by atoms with Crippen LogP contribution in [-0.2, 0) is 4.74 Å². The van der Waals surface area contributed by atoms with Crippen LogP contribution in [0, 0.1) is 0 Å². The van der Waals surface area contributed by atoms with Crippen molar-refractivity contribution in [2.75, 3.05) is 23.4 Å². The van der Waals surface area contributed by atoms with Crippen molar-refractivity contribution in [3.63, 3.8) is 0 Å². The summed E-state index contributed by atoms with van der Waals surface area (Å²) >= 11 is 0. The third-order valence-corrected chi connectivity index (χ3v) is 4.17. The zero-order valence-corrected chi connectivity index (χ0v) is 16.3. The predicted octanol–water partition coefficient (Wildman–Crippen LogP) is 4.06. The first-order chi connectivity index (χ1) is 14.1. The second kappa shape index (κ2) is 9.45. The number of rotatable bonds is 7. The van der Waals surface area contributed by atoms with Gasteiger partial charge in [-0.25, -0.2) is 14.8 Å². The van der Waals surface area contributed by atoms with E-state index in [0.717, 1.165) is 5.69 Å². The lowest BCUT2D eigenvalue weighted by atomic mass is 10.2. The van der Waals surface area contributed by atoms with Gasteiger partial charge >= 0.3 is 5.97 Å². The molecule has 2 aromatic carbocycles. The first-order valence-corrected chi connectivity index (χ1v) is 9.37. The Morgan fingerprint density at radius 2 is 1.72 bits per heavy atom. The van der Waals surface area contributed by atoms with Gasteiger partial charge in [-0.05, 0) is 44.2 Å². The third-order valence-electron chi connectivity index (χ3n) is 4.17. The molecule has 0 saturated carbocycles. The van der Waals surface area contributed by atoms with Crippen molar-refractivity contribution >= 4 is 29.2 Å². The number of carbonyl (C=O) groups excluding carboxylic acids is 2. The first-order valence-electron chi connectivity index (χ1n) is 9.37. The van der Waals surface area contributed by atoms with Crippen LogP contribution < -0.4 is 10.2 Å². The number of esters is 1. The second-order valence-electron chi connectivity index (χ2n) is 6.04. The molecule has 0 spiro atoms. The molecule has 148 valence electrons. The maximum atomic E-state index is 13.0. The van der Waals surface area contributed by atoms with Crippen LogP contribution in [0.1, 0.15) is 34.7 Å². The molecule has 0 aliphatic rings. The third kappa shape index (κ3) is 4.76. The van der Waals surface area contributed by atoms with Gasteiger partial charge in [0.05, 0.1) is 17.9 Å². The van der Waals surface area contributed by atoms with Crippen LogP contribution in [0.5, 0.6) is 0 Å². The molecule has 29 heavy (non-hydrogen) atoms. The van der Waals surface area contributed by atoms with Crippen LogP contribution in [0.4, 0.5) is 17.3 Å². The predicted molar refractivity (Wildman–Crippen MR) is 112 cm³/mol. The number of anilines is 3. The van der Waals surface area contributed by atoms with Crippen molar-refractivity contribution < 1.29 is 14.3 Å². The Morgan fingerprint density at radius 3 is 2.45 bits per heavy atom. The minimum atomic E-state index is -0.441. The highest BCUT2D eigenvalue weighted by Crippen LogP contribution is 2.21. The van der Waals surface area contributed by atoms with E-state index >= 15 is 0 Å². The summed E-state index contributed by atoms with van der Waals surface area (Å²) in [4.78, 5) is 35.3. The average Bonchev–Trinajstić information content (AvgIpc) is 2.76. The standard InChI is InChI=1S/C22H22N4O3/c1-3-26(16-10-6-5-7-11-16)20(27)19-14-15-23-22(25-19)24-18-13-9-8-12-17(18)21(28)29-4-2/h5-15H,3-4H2,1-2H3,(H,23,24,25). The summed E-state index contributed by atoms with van der Waals surface area (Å²) in [5.74, 6) is -0.455. The zero-order valence-electron chi connectivity index (χ0n) is 16.3. The van der Waals surface area contributed by atoms with Gasteiger partial charge < -0.3 is 15.0 Å². The molecule has 0 fully saturated rings. The highest BCUT2D eigenvalue weighted by Gasteiger charge is 2.19. The van der Waals surface area contributed by atoms with Gasteiger partial charge in [0.1, 0.15) is 5.69 Å². The van der Waals surface area contributed by atoms with Gasteiger partial charge in [-0.1, -0.05) is 30.3 Å². The number of para-hydroxylation sites is 2. The Labute approximate surface area is 169 Å². The van der Waals surface area contributed by atoms with E-state index in [9.17, 15) is 9.59 Å². The molecule has 7 nitrogen and oxygen atoms in total. The molecule has 0 atom stereocenters. The highest BCUT2D eigenvalue weighted by molar-refractivity contribution is 6.05. The number of carbonyl (C=O) groups is 2. The molecule has 0 aliphatic carbocycles. The van der Waals surface area contributed by atoms with Crippen molar-refractivity contribution in [2.45, 2.75) is 13.8 Å². The molecular weight excluding hydrogens is 368 g/mol. The summed E-state index contributed by atoms with van der Waals surface area (Å²) < 4.78 is 5.08. The zero-order chi connectivity index (χ0) is 20.6. The number of nitrogens with zero attached hydrogens (tertiary/aromatic N) is 3. The number of aromatic nitrogens is 2. The lowest BCUT2D eigenvalue weighted by molar-refractivity contribution is 0.0527. The van der Waals surface area contributed by atoms with Gasteiger partial charge in [0.25, 0.3) is 5.91 Å². The molecular formula is C22H22N4O3. The van der Waals surface area contributed by atoms with E-state index in [1.165, 1.54) is 6.20 Å². The van der Waals surface area contributed by atoms with Crippen molar-refractivity contribution in [3.05, 3.63) is 78.1 Å². The minimum absolute atomic E-state index is 0.219. The van der Waals surface area contributed by atoms with Gasteiger partial charge in [0.2, 0.25) is 5.95 Å². The smallest absolute Gasteiger partial charge is 0.340 e. The van der Waals surface area contributed by atoms with E-state index in [1.807, 2.05) is 37.3 Å². The Kier molecular flexibility index (Phi) is 6.52. The Hall–Kier alpha value is -3.74. The summed E-state index contributed by atoms with van der Waals surface area (Å²) in [6.07, 6.45) is 1.51. The molecule has 3 aromatic rings. The SMILES string of the molecule is CCOC(=O)c1ccccc1Nc1nccc(C(=O)N(CC)c2ccccc2)n1. The molecule has 1 aromatic heterocycles.